The lowest BCUT2D eigenvalue weighted by atomic mass is 9.93. The van der Waals surface area contributed by atoms with Gasteiger partial charge in [-0.25, -0.2) is 4.79 Å². The van der Waals surface area contributed by atoms with Crippen LogP contribution in [-0.4, -0.2) is 25.7 Å². The molecule has 0 spiro atoms. The molecule has 0 atom stereocenters. The summed E-state index contributed by atoms with van der Waals surface area (Å²) in [5, 5.41) is 0. The first kappa shape index (κ1) is 25.1. The highest BCUT2D eigenvalue weighted by Gasteiger charge is 2.20. The van der Waals surface area contributed by atoms with E-state index in [9.17, 15) is 4.79 Å². The number of carbonyl (C=O) groups is 1. The van der Waals surface area contributed by atoms with Crippen molar-refractivity contribution in [2.24, 2.45) is 0 Å². The Hall–Kier alpha value is -3.99. The quantitative estimate of drug-likeness (QED) is 0.103. The summed E-state index contributed by atoms with van der Waals surface area (Å²) < 4.78 is 16.4. The van der Waals surface area contributed by atoms with Gasteiger partial charge in [0.15, 0.2) is 0 Å². The predicted molar refractivity (Wildman–Crippen MR) is 145 cm³/mol. The molecule has 0 bridgehead atoms. The van der Waals surface area contributed by atoms with Gasteiger partial charge in [-0.3, -0.25) is 0 Å². The second-order valence-electron chi connectivity index (χ2n) is 8.06. The van der Waals surface area contributed by atoms with Crippen molar-refractivity contribution in [3.8, 4) is 22.3 Å². The molecule has 0 aliphatic heterocycles. The van der Waals surface area contributed by atoms with Crippen molar-refractivity contribution in [2.75, 3.05) is 13.2 Å². The van der Waals surface area contributed by atoms with Gasteiger partial charge in [-0.15, -0.1) is 0 Å². The second-order valence-corrected chi connectivity index (χ2v) is 8.06. The normalized spacial score (nSPS) is 11.5. The number of rotatable bonds is 10. The lowest BCUT2D eigenvalue weighted by Gasteiger charge is -2.18. The van der Waals surface area contributed by atoms with Gasteiger partial charge in [-0.05, 0) is 53.3 Å². The highest BCUT2D eigenvalue weighted by molar-refractivity contribution is 6.21. The van der Waals surface area contributed by atoms with E-state index in [4.69, 9.17) is 14.2 Å². The van der Waals surface area contributed by atoms with E-state index < -0.39 is 12.4 Å². The monoisotopic (exact) mass is 478 g/mol. The third kappa shape index (κ3) is 6.36. The topological polar surface area (TPSA) is 44.8 Å². The summed E-state index contributed by atoms with van der Waals surface area (Å²) in [6.07, 6.45) is 1.82. The summed E-state index contributed by atoms with van der Waals surface area (Å²) in [6.45, 7) is 3.33. The van der Waals surface area contributed by atoms with Crippen LogP contribution in [0.3, 0.4) is 0 Å². The molecule has 0 saturated heterocycles. The lowest BCUT2D eigenvalue weighted by Crippen LogP contribution is -2.25. The first-order valence-electron chi connectivity index (χ1n) is 12.2. The maximum Gasteiger partial charge on any atom is 0.342 e. The molecular formula is C32H30O4. The minimum absolute atomic E-state index is 0.366. The van der Waals surface area contributed by atoms with Crippen molar-refractivity contribution in [1.29, 1.82) is 0 Å². The van der Waals surface area contributed by atoms with Crippen LogP contribution >= 0.6 is 0 Å². The standard InChI is InChI=1S/C32H30O4/c1-3-34-32(35-4-2)36-31(33)30(23-24-13-7-5-8-14-24)27-21-19-26(20-22-27)29-18-12-11-17-28(29)25-15-9-6-10-16-25/h5-23,32H,3-4H2,1-2H3/b30-23-. The average Bonchev–Trinajstić information content (AvgIpc) is 2.93. The molecule has 182 valence electrons. The maximum atomic E-state index is 13.3. The molecule has 0 amide bonds. The summed E-state index contributed by atoms with van der Waals surface area (Å²) in [7, 11) is 0. The van der Waals surface area contributed by atoms with Crippen molar-refractivity contribution in [2.45, 2.75) is 20.3 Å². The van der Waals surface area contributed by atoms with Crippen molar-refractivity contribution in [1.82, 2.24) is 0 Å². The van der Waals surface area contributed by atoms with Crippen LogP contribution < -0.4 is 0 Å². The summed E-state index contributed by atoms with van der Waals surface area (Å²) in [5.41, 5.74) is 6.56. The SMILES string of the molecule is CCOC(OCC)OC(=O)/C(=C\c1ccccc1)c1ccc(-c2ccccc2-c2ccccc2)cc1. The van der Waals surface area contributed by atoms with Gasteiger partial charge in [0.25, 0.3) is 0 Å². The van der Waals surface area contributed by atoms with Gasteiger partial charge in [-0.2, -0.15) is 0 Å². The molecule has 0 aliphatic rings. The molecule has 0 aromatic heterocycles. The average molecular weight is 479 g/mol. The van der Waals surface area contributed by atoms with Gasteiger partial charge in [0, 0.05) is 0 Å². The Morgan fingerprint density at radius 2 is 1.17 bits per heavy atom. The molecular weight excluding hydrogens is 448 g/mol. The van der Waals surface area contributed by atoms with Crippen LogP contribution in [0, 0.1) is 0 Å². The Kier molecular flexibility index (Phi) is 8.82. The lowest BCUT2D eigenvalue weighted by molar-refractivity contribution is -0.269. The second kappa shape index (κ2) is 12.6. The van der Waals surface area contributed by atoms with Crippen molar-refractivity contribution >= 4 is 17.6 Å². The fourth-order valence-electron chi connectivity index (χ4n) is 3.95. The fourth-order valence-corrected chi connectivity index (χ4v) is 3.95. The number of carbonyl (C=O) groups excluding carboxylic acids is 1. The molecule has 36 heavy (non-hydrogen) atoms. The first-order chi connectivity index (χ1) is 17.7. The van der Waals surface area contributed by atoms with Crippen LogP contribution in [-0.2, 0) is 19.0 Å². The van der Waals surface area contributed by atoms with Crippen molar-refractivity contribution in [3.63, 3.8) is 0 Å². The molecule has 0 saturated carbocycles. The van der Waals surface area contributed by atoms with Crippen molar-refractivity contribution < 1.29 is 19.0 Å². The molecule has 0 heterocycles. The molecule has 4 aromatic carbocycles. The zero-order valence-electron chi connectivity index (χ0n) is 20.6. The Morgan fingerprint density at radius 3 is 1.72 bits per heavy atom. The Balaban J connectivity index is 1.68. The van der Waals surface area contributed by atoms with Crippen LogP contribution in [0.4, 0.5) is 0 Å². The summed E-state index contributed by atoms with van der Waals surface area (Å²) in [5.74, 6) is -0.511. The molecule has 0 fully saturated rings. The third-order valence-electron chi connectivity index (χ3n) is 5.66. The van der Waals surface area contributed by atoms with Gasteiger partial charge in [0.2, 0.25) is 0 Å². The van der Waals surface area contributed by atoms with Crippen LogP contribution in [0.2, 0.25) is 0 Å². The van der Waals surface area contributed by atoms with Crippen molar-refractivity contribution in [3.05, 3.63) is 120 Å². The molecule has 0 unspecified atom stereocenters. The molecule has 0 N–H and O–H groups in total. The van der Waals surface area contributed by atoms with E-state index in [-0.39, 0.29) is 0 Å². The van der Waals surface area contributed by atoms with E-state index >= 15 is 0 Å². The van der Waals surface area contributed by atoms with Gasteiger partial charge in [0.1, 0.15) is 0 Å². The van der Waals surface area contributed by atoms with Gasteiger partial charge in [0.05, 0.1) is 18.8 Å². The number of benzene rings is 4. The van der Waals surface area contributed by atoms with E-state index in [2.05, 4.69) is 24.3 Å². The van der Waals surface area contributed by atoms with E-state index in [1.165, 1.54) is 0 Å². The smallest absolute Gasteiger partial charge is 0.342 e. The number of esters is 1. The molecule has 4 aromatic rings. The minimum Gasteiger partial charge on any atom is -0.407 e. The van der Waals surface area contributed by atoms with E-state index in [1.807, 2.05) is 105 Å². The van der Waals surface area contributed by atoms with E-state index in [1.54, 1.807) is 0 Å². The zero-order valence-corrected chi connectivity index (χ0v) is 20.6. The molecule has 0 radical (unpaired) electrons. The zero-order chi connectivity index (χ0) is 25.2. The highest BCUT2D eigenvalue weighted by atomic mass is 16.9. The van der Waals surface area contributed by atoms with Crippen LogP contribution in [0.15, 0.2) is 109 Å². The molecule has 4 rings (SSSR count). The van der Waals surface area contributed by atoms with Gasteiger partial charge < -0.3 is 14.2 Å². The Labute approximate surface area is 212 Å². The maximum absolute atomic E-state index is 13.3. The van der Waals surface area contributed by atoms with E-state index in [0.717, 1.165) is 33.4 Å². The first-order valence-corrected chi connectivity index (χ1v) is 12.2. The summed E-state index contributed by atoms with van der Waals surface area (Å²) in [6, 6.07) is 36.3. The van der Waals surface area contributed by atoms with E-state index in [0.29, 0.717) is 18.8 Å². The fraction of sp³-hybridized carbons (Fsp3) is 0.156. The van der Waals surface area contributed by atoms with Gasteiger partial charge in [-0.1, -0.05) is 109 Å². The summed E-state index contributed by atoms with van der Waals surface area (Å²) >= 11 is 0. The minimum atomic E-state index is -1.05. The van der Waals surface area contributed by atoms with Gasteiger partial charge >= 0.3 is 12.4 Å². The Bertz CT molecular complexity index is 1270. The predicted octanol–water partition coefficient (Wildman–Crippen LogP) is 7.46. The largest absolute Gasteiger partial charge is 0.407 e. The highest BCUT2D eigenvalue weighted by Crippen LogP contribution is 2.33. The van der Waals surface area contributed by atoms with Crippen LogP contribution in [0.25, 0.3) is 33.9 Å². The molecule has 4 heteroatoms. The van der Waals surface area contributed by atoms with Crippen LogP contribution in [0.1, 0.15) is 25.0 Å². The number of hydrogen-bond acceptors (Lipinski definition) is 4. The number of hydrogen-bond donors (Lipinski definition) is 0. The summed E-state index contributed by atoms with van der Waals surface area (Å²) in [4.78, 5) is 13.3. The molecule has 4 nitrogen and oxygen atoms in total. The Morgan fingerprint density at radius 1 is 0.667 bits per heavy atom. The molecule has 0 aliphatic carbocycles. The van der Waals surface area contributed by atoms with Crippen LogP contribution in [0.5, 0.6) is 0 Å². The third-order valence-corrected chi connectivity index (χ3v) is 5.66. The number of ether oxygens (including phenoxy) is 3.